The average Bonchev–Trinajstić information content (AvgIpc) is 2.19. The van der Waals surface area contributed by atoms with Crippen LogP contribution in [0.15, 0.2) is 24.3 Å². The van der Waals surface area contributed by atoms with Crippen LogP contribution in [0, 0.1) is 13.8 Å². The number of hydrogen-bond donors (Lipinski definition) is 1. The van der Waals surface area contributed by atoms with Crippen molar-refractivity contribution in [3.05, 3.63) is 41.0 Å². The Bertz CT molecular complexity index is 313. The highest BCUT2D eigenvalue weighted by atomic mass is 14.8. The molecule has 0 aromatic heterocycles. The molecule has 0 saturated carbocycles. The van der Waals surface area contributed by atoms with Crippen molar-refractivity contribution in [1.29, 1.82) is 0 Å². The first-order valence-electron chi connectivity index (χ1n) is 5.13. The minimum Gasteiger partial charge on any atom is -0.319 e. The molecule has 1 heteroatoms. The summed E-state index contributed by atoms with van der Waals surface area (Å²) in [5.41, 5.74) is 4.08. The summed E-state index contributed by atoms with van der Waals surface area (Å²) < 4.78 is 0. The maximum absolute atomic E-state index is 3.13. The van der Waals surface area contributed by atoms with E-state index in [0.29, 0.717) is 0 Å². The average molecular weight is 189 g/mol. The molecule has 1 rings (SSSR count). The van der Waals surface area contributed by atoms with Gasteiger partial charge in [0.15, 0.2) is 0 Å². The highest BCUT2D eigenvalue weighted by Crippen LogP contribution is 2.14. The Morgan fingerprint density at radius 1 is 1.29 bits per heavy atom. The van der Waals surface area contributed by atoms with Crippen molar-refractivity contribution >= 4 is 6.08 Å². The lowest BCUT2D eigenvalue weighted by molar-refractivity contribution is 0.809. The van der Waals surface area contributed by atoms with Gasteiger partial charge in [0.05, 0.1) is 0 Å². The molecular weight excluding hydrogens is 170 g/mol. The third kappa shape index (κ3) is 3.00. The van der Waals surface area contributed by atoms with Gasteiger partial charge < -0.3 is 5.32 Å². The number of rotatable bonds is 4. The summed E-state index contributed by atoms with van der Waals surface area (Å²) in [5.74, 6) is 0. The second-order valence-corrected chi connectivity index (χ2v) is 3.58. The maximum atomic E-state index is 3.13. The lowest BCUT2D eigenvalue weighted by Gasteiger charge is -2.03. The molecule has 0 fully saturated rings. The van der Waals surface area contributed by atoms with E-state index in [0.717, 1.165) is 13.0 Å². The van der Waals surface area contributed by atoms with E-state index in [1.807, 2.05) is 7.05 Å². The van der Waals surface area contributed by atoms with Crippen LogP contribution in [-0.2, 0) is 0 Å². The Morgan fingerprint density at radius 3 is 2.79 bits per heavy atom. The van der Waals surface area contributed by atoms with Crippen molar-refractivity contribution in [1.82, 2.24) is 5.32 Å². The van der Waals surface area contributed by atoms with Gasteiger partial charge in [0.2, 0.25) is 0 Å². The molecule has 0 aliphatic rings. The molecule has 0 bridgehead atoms. The molecule has 1 N–H and O–H groups in total. The first-order chi connectivity index (χ1) is 6.75. The molecule has 0 aliphatic heterocycles. The van der Waals surface area contributed by atoms with Crippen molar-refractivity contribution in [2.24, 2.45) is 0 Å². The van der Waals surface area contributed by atoms with Gasteiger partial charge in [-0.2, -0.15) is 0 Å². The fourth-order valence-corrected chi connectivity index (χ4v) is 1.39. The molecule has 1 aromatic rings. The molecule has 14 heavy (non-hydrogen) atoms. The Hall–Kier alpha value is -1.08. The van der Waals surface area contributed by atoms with Crippen molar-refractivity contribution in [3.63, 3.8) is 0 Å². The monoisotopic (exact) mass is 189 g/mol. The zero-order valence-corrected chi connectivity index (χ0v) is 9.30. The van der Waals surface area contributed by atoms with Crippen LogP contribution in [-0.4, -0.2) is 13.6 Å². The standard InChI is InChI=1S/C13H19N/c1-11-7-6-9-13(12(11)2)8-4-5-10-14-3/h4,6-9,14H,5,10H2,1-3H3. The van der Waals surface area contributed by atoms with E-state index in [-0.39, 0.29) is 0 Å². The van der Waals surface area contributed by atoms with E-state index in [9.17, 15) is 0 Å². The van der Waals surface area contributed by atoms with Gasteiger partial charge >= 0.3 is 0 Å². The summed E-state index contributed by atoms with van der Waals surface area (Å²) in [4.78, 5) is 0. The number of aryl methyl sites for hydroxylation is 1. The largest absolute Gasteiger partial charge is 0.319 e. The normalized spacial score (nSPS) is 11.1. The molecule has 0 atom stereocenters. The summed E-state index contributed by atoms with van der Waals surface area (Å²) in [5, 5.41) is 3.13. The van der Waals surface area contributed by atoms with Crippen molar-refractivity contribution in [2.75, 3.05) is 13.6 Å². The topological polar surface area (TPSA) is 12.0 Å². The van der Waals surface area contributed by atoms with Gasteiger partial charge in [0, 0.05) is 0 Å². The van der Waals surface area contributed by atoms with Gasteiger partial charge in [-0.3, -0.25) is 0 Å². The molecule has 0 unspecified atom stereocenters. The summed E-state index contributed by atoms with van der Waals surface area (Å²) in [6.45, 7) is 5.37. The van der Waals surface area contributed by atoms with E-state index in [4.69, 9.17) is 0 Å². The van der Waals surface area contributed by atoms with Crippen LogP contribution >= 0.6 is 0 Å². The summed E-state index contributed by atoms with van der Waals surface area (Å²) >= 11 is 0. The summed E-state index contributed by atoms with van der Waals surface area (Å²) in [6, 6.07) is 6.43. The first kappa shape index (κ1) is 11.0. The van der Waals surface area contributed by atoms with E-state index < -0.39 is 0 Å². The molecule has 0 amide bonds. The van der Waals surface area contributed by atoms with Crippen LogP contribution in [0.1, 0.15) is 23.1 Å². The molecule has 76 valence electrons. The third-order valence-electron chi connectivity index (χ3n) is 2.50. The summed E-state index contributed by atoms with van der Waals surface area (Å²) in [7, 11) is 1.98. The molecule has 1 aromatic carbocycles. The van der Waals surface area contributed by atoms with Gasteiger partial charge in [-0.1, -0.05) is 30.4 Å². The van der Waals surface area contributed by atoms with Crippen LogP contribution in [0.3, 0.4) is 0 Å². The van der Waals surface area contributed by atoms with Gasteiger partial charge in [-0.15, -0.1) is 0 Å². The Balaban J connectivity index is 2.67. The Morgan fingerprint density at radius 2 is 2.07 bits per heavy atom. The Labute approximate surface area is 86.8 Å². The number of benzene rings is 1. The summed E-state index contributed by atoms with van der Waals surface area (Å²) in [6.07, 6.45) is 5.52. The minimum absolute atomic E-state index is 1.04. The maximum Gasteiger partial charge on any atom is -0.00172 e. The molecule has 1 nitrogen and oxygen atoms in total. The fourth-order valence-electron chi connectivity index (χ4n) is 1.39. The van der Waals surface area contributed by atoms with Crippen molar-refractivity contribution in [3.8, 4) is 0 Å². The van der Waals surface area contributed by atoms with E-state index in [1.165, 1.54) is 16.7 Å². The molecule has 0 spiro atoms. The Kier molecular flexibility index (Phi) is 4.41. The lowest BCUT2D eigenvalue weighted by atomic mass is 10.0. The van der Waals surface area contributed by atoms with Crippen LogP contribution < -0.4 is 5.32 Å². The van der Waals surface area contributed by atoms with Crippen LogP contribution in [0.2, 0.25) is 0 Å². The number of nitrogens with one attached hydrogen (secondary N) is 1. The minimum atomic E-state index is 1.04. The second kappa shape index (κ2) is 5.61. The van der Waals surface area contributed by atoms with Gasteiger partial charge in [0.1, 0.15) is 0 Å². The first-order valence-corrected chi connectivity index (χ1v) is 5.13. The van der Waals surface area contributed by atoms with Crippen LogP contribution in [0.25, 0.3) is 6.08 Å². The van der Waals surface area contributed by atoms with E-state index >= 15 is 0 Å². The number of hydrogen-bond acceptors (Lipinski definition) is 1. The highest BCUT2D eigenvalue weighted by Gasteiger charge is 1.95. The van der Waals surface area contributed by atoms with Gasteiger partial charge in [-0.25, -0.2) is 0 Å². The van der Waals surface area contributed by atoms with Crippen molar-refractivity contribution in [2.45, 2.75) is 20.3 Å². The molecule has 0 radical (unpaired) electrons. The highest BCUT2D eigenvalue weighted by molar-refractivity contribution is 5.55. The predicted molar refractivity (Wildman–Crippen MR) is 63.5 cm³/mol. The van der Waals surface area contributed by atoms with Crippen LogP contribution in [0.5, 0.6) is 0 Å². The van der Waals surface area contributed by atoms with E-state index in [1.54, 1.807) is 0 Å². The molecule has 0 aliphatic carbocycles. The third-order valence-corrected chi connectivity index (χ3v) is 2.50. The SMILES string of the molecule is CNCCC=Cc1cccc(C)c1C. The zero-order valence-electron chi connectivity index (χ0n) is 9.30. The molecule has 0 heterocycles. The zero-order chi connectivity index (χ0) is 10.4. The quantitative estimate of drug-likeness (QED) is 0.718. The lowest BCUT2D eigenvalue weighted by Crippen LogP contribution is -2.05. The fraction of sp³-hybridized carbons (Fsp3) is 0.385. The smallest absolute Gasteiger partial charge is 0.00172 e. The predicted octanol–water partition coefficient (Wildman–Crippen LogP) is 2.93. The van der Waals surface area contributed by atoms with E-state index in [2.05, 4.69) is 49.5 Å². The van der Waals surface area contributed by atoms with Crippen molar-refractivity contribution < 1.29 is 0 Å². The van der Waals surface area contributed by atoms with Gasteiger partial charge in [0.25, 0.3) is 0 Å². The van der Waals surface area contributed by atoms with Gasteiger partial charge in [-0.05, 0) is 50.6 Å². The second-order valence-electron chi connectivity index (χ2n) is 3.58. The van der Waals surface area contributed by atoms with Crippen LogP contribution in [0.4, 0.5) is 0 Å². The molecule has 0 saturated heterocycles. The molecular formula is C13H19N.